The Morgan fingerprint density at radius 2 is 1.75 bits per heavy atom. The lowest BCUT2D eigenvalue weighted by Crippen LogP contribution is -2.35. The molecule has 2 atom stereocenters. The summed E-state index contributed by atoms with van der Waals surface area (Å²) in [6.45, 7) is 2.17. The molecule has 0 aromatic heterocycles. The van der Waals surface area contributed by atoms with Crippen LogP contribution in [0.5, 0.6) is 0 Å². The molecule has 0 radical (unpaired) electrons. The summed E-state index contributed by atoms with van der Waals surface area (Å²) in [5.74, 6) is 0.206. The molecule has 1 amide bonds. The van der Waals surface area contributed by atoms with Gasteiger partial charge in [-0.05, 0) is 50.7 Å². The molecule has 24 heavy (non-hydrogen) atoms. The lowest BCUT2D eigenvalue weighted by molar-refractivity contribution is -0.120. The summed E-state index contributed by atoms with van der Waals surface area (Å²) in [5.41, 5.74) is 8.13. The number of nitrogens with one attached hydrogen (secondary N) is 1. The van der Waals surface area contributed by atoms with E-state index in [9.17, 15) is 4.79 Å². The van der Waals surface area contributed by atoms with E-state index >= 15 is 0 Å². The Hall–Kier alpha value is -0.970. The second-order valence-electron chi connectivity index (χ2n) is 6.68. The van der Waals surface area contributed by atoms with Gasteiger partial charge in [-0.2, -0.15) is 0 Å². The third-order valence-electron chi connectivity index (χ3n) is 4.94. The number of carbonyl (C=O) groups excluding carboxylic acids is 1. The van der Waals surface area contributed by atoms with E-state index in [1.165, 1.54) is 19.3 Å². The van der Waals surface area contributed by atoms with Crippen molar-refractivity contribution in [2.24, 2.45) is 11.7 Å². The molecule has 136 valence electrons. The van der Waals surface area contributed by atoms with Crippen LogP contribution in [0.4, 0.5) is 11.4 Å². The second kappa shape index (κ2) is 10.1. The number of nitrogens with two attached hydrogens (primary N) is 1. The van der Waals surface area contributed by atoms with Gasteiger partial charge in [0, 0.05) is 25.0 Å². The van der Waals surface area contributed by atoms with Crippen molar-refractivity contribution in [1.82, 2.24) is 0 Å². The Kier molecular flexibility index (Phi) is 8.88. The molecule has 3 rings (SSSR count). The minimum Gasteiger partial charge on any atom is -0.370 e. The molecule has 1 saturated carbocycles. The molecule has 3 N–H and O–H groups in total. The Morgan fingerprint density at radius 3 is 2.46 bits per heavy atom. The molecule has 2 aliphatic rings. The van der Waals surface area contributed by atoms with E-state index in [1.807, 2.05) is 12.1 Å². The SMILES string of the molecule is Cl.Cl.NC1CCCC(C(=O)Nc2ccccc2N2CCCCC2)C1. The van der Waals surface area contributed by atoms with Gasteiger partial charge in [-0.1, -0.05) is 18.6 Å². The van der Waals surface area contributed by atoms with Crippen LogP contribution in [0.15, 0.2) is 24.3 Å². The first-order valence-corrected chi connectivity index (χ1v) is 8.64. The Morgan fingerprint density at radius 1 is 1.04 bits per heavy atom. The average Bonchev–Trinajstić information content (AvgIpc) is 2.56. The summed E-state index contributed by atoms with van der Waals surface area (Å²) >= 11 is 0. The number of para-hydroxylation sites is 2. The molecule has 1 aliphatic heterocycles. The predicted molar refractivity (Wildman–Crippen MR) is 106 cm³/mol. The summed E-state index contributed by atoms with van der Waals surface area (Å²) in [7, 11) is 0. The number of hydrogen-bond donors (Lipinski definition) is 2. The van der Waals surface area contributed by atoms with E-state index in [0.29, 0.717) is 0 Å². The fourth-order valence-corrected chi connectivity index (χ4v) is 3.69. The van der Waals surface area contributed by atoms with Crippen LogP contribution in [-0.4, -0.2) is 25.0 Å². The van der Waals surface area contributed by atoms with Crippen LogP contribution in [0, 0.1) is 5.92 Å². The highest BCUT2D eigenvalue weighted by molar-refractivity contribution is 5.96. The van der Waals surface area contributed by atoms with Gasteiger partial charge >= 0.3 is 0 Å². The number of carbonyl (C=O) groups is 1. The van der Waals surface area contributed by atoms with Crippen molar-refractivity contribution < 1.29 is 4.79 Å². The van der Waals surface area contributed by atoms with E-state index in [4.69, 9.17) is 5.73 Å². The van der Waals surface area contributed by atoms with Crippen LogP contribution in [0.1, 0.15) is 44.9 Å². The van der Waals surface area contributed by atoms with Gasteiger partial charge < -0.3 is 16.0 Å². The zero-order valence-corrected chi connectivity index (χ0v) is 15.7. The number of nitrogens with zero attached hydrogens (tertiary/aromatic N) is 1. The molecular formula is C18H29Cl2N3O. The molecule has 1 aliphatic carbocycles. The van der Waals surface area contributed by atoms with Crippen LogP contribution >= 0.6 is 24.8 Å². The first kappa shape index (κ1) is 21.1. The molecule has 2 unspecified atom stereocenters. The number of rotatable bonds is 3. The van der Waals surface area contributed by atoms with Crippen molar-refractivity contribution in [3.05, 3.63) is 24.3 Å². The second-order valence-corrected chi connectivity index (χ2v) is 6.68. The van der Waals surface area contributed by atoms with Gasteiger partial charge in [0.05, 0.1) is 11.4 Å². The maximum absolute atomic E-state index is 12.6. The predicted octanol–water partition coefficient (Wildman–Crippen LogP) is 3.98. The summed E-state index contributed by atoms with van der Waals surface area (Å²) in [4.78, 5) is 15.0. The fraction of sp³-hybridized carbons (Fsp3) is 0.611. The first-order valence-electron chi connectivity index (χ1n) is 8.64. The Balaban J connectivity index is 0.00000144. The minimum absolute atomic E-state index is 0. The zero-order valence-electron chi connectivity index (χ0n) is 14.1. The summed E-state index contributed by atoms with van der Waals surface area (Å²) in [6.07, 6.45) is 7.68. The number of benzene rings is 1. The standard InChI is InChI=1S/C18H27N3O.2ClH/c19-15-8-6-7-14(13-15)18(22)20-16-9-2-3-10-17(16)21-11-4-1-5-12-21;;/h2-3,9-10,14-15H,1,4-8,11-13,19H2,(H,20,22);2*1H. The van der Waals surface area contributed by atoms with Gasteiger partial charge in [0.15, 0.2) is 0 Å². The molecule has 2 fully saturated rings. The topological polar surface area (TPSA) is 58.4 Å². The summed E-state index contributed by atoms with van der Waals surface area (Å²) in [5, 5.41) is 3.16. The van der Waals surface area contributed by atoms with Gasteiger partial charge in [-0.3, -0.25) is 4.79 Å². The quantitative estimate of drug-likeness (QED) is 0.842. The third kappa shape index (κ3) is 5.27. The molecule has 4 nitrogen and oxygen atoms in total. The molecule has 1 aromatic carbocycles. The monoisotopic (exact) mass is 373 g/mol. The zero-order chi connectivity index (χ0) is 15.4. The van der Waals surface area contributed by atoms with Crippen LogP contribution in [0.3, 0.4) is 0 Å². The van der Waals surface area contributed by atoms with Gasteiger partial charge in [-0.15, -0.1) is 24.8 Å². The van der Waals surface area contributed by atoms with Gasteiger partial charge in [0.2, 0.25) is 5.91 Å². The van der Waals surface area contributed by atoms with Crippen molar-refractivity contribution in [3.8, 4) is 0 Å². The summed E-state index contributed by atoms with van der Waals surface area (Å²) < 4.78 is 0. The highest BCUT2D eigenvalue weighted by atomic mass is 35.5. The van der Waals surface area contributed by atoms with Crippen molar-refractivity contribution >= 4 is 42.1 Å². The lowest BCUT2D eigenvalue weighted by atomic mass is 9.85. The number of hydrogen-bond acceptors (Lipinski definition) is 3. The first-order chi connectivity index (χ1) is 10.7. The number of piperidine rings is 1. The van der Waals surface area contributed by atoms with E-state index in [2.05, 4.69) is 22.3 Å². The van der Waals surface area contributed by atoms with Crippen molar-refractivity contribution in [2.45, 2.75) is 51.0 Å². The molecule has 1 heterocycles. The van der Waals surface area contributed by atoms with E-state index in [1.54, 1.807) is 0 Å². The smallest absolute Gasteiger partial charge is 0.227 e. The number of halogens is 2. The number of amides is 1. The maximum Gasteiger partial charge on any atom is 0.227 e. The number of anilines is 2. The highest BCUT2D eigenvalue weighted by Crippen LogP contribution is 2.30. The van der Waals surface area contributed by atoms with Crippen LogP contribution in [0.2, 0.25) is 0 Å². The van der Waals surface area contributed by atoms with E-state index < -0.39 is 0 Å². The van der Waals surface area contributed by atoms with E-state index in [0.717, 1.165) is 50.1 Å². The van der Waals surface area contributed by atoms with Crippen molar-refractivity contribution in [2.75, 3.05) is 23.3 Å². The molecule has 0 spiro atoms. The normalized spacial score (nSPS) is 23.6. The molecule has 6 heteroatoms. The van der Waals surface area contributed by atoms with Gasteiger partial charge in [0.1, 0.15) is 0 Å². The van der Waals surface area contributed by atoms with Gasteiger partial charge in [0.25, 0.3) is 0 Å². The van der Waals surface area contributed by atoms with E-state index in [-0.39, 0.29) is 42.7 Å². The highest BCUT2D eigenvalue weighted by Gasteiger charge is 2.26. The van der Waals surface area contributed by atoms with Crippen LogP contribution in [-0.2, 0) is 4.79 Å². The van der Waals surface area contributed by atoms with Crippen molar-refractivity contribution in [1.29, 1.82) is 0 Å². The largest absolute Gasteiger partial charge is 0.370 e. The Bertz CT molecular complexity index is 521. The molecule has 1 saturated heterocycles. The maximum atomic E-state index is 12.6. The lowest BCUT2D eigenvalue weighted by Gasteiger charge is -2.31. The molecular weight excluding hydrogens is 345 g/mol. The average molecular weight is 374 g/mol. The Labute approximate surface area is 157 Å². The van der Waals surface area contributed by atoms with Crippen LogP contribution < -0.4 is 16.0 Å². The van der Waals surface area contributed by atoms with Gasteiger partial charge in [-0.25, -0.2) is 0 Å². The minimum atomic E-state index is 0. The molecule has 0 bridgehead atoms. The van der Waals surface area contributed by atoms with Crippen molar-refractivity contribution in [3.63, 3.8) is 0 Å². The summed E-state index contributed by atoms with van der Waals surface area (Å²) in [6, 6.07) is 8.37. The van der Waals surface area contributed by atoms with Crippen LogP contribution in [0.25, 0.3) is 0 Å². The third-order valence-corrected chi connectivity index (χ3v) is 4.94. The fourth-order valence-electron chi connectivity index (χ4n) is 3.69. The molecule has 1 aromatic rings.